The minimum atomic E-state index is -0.834. The second-order valence-corrected chi connectivity index (χ2v) is 4.57. The van der Waals surface area contributed by atoms with Gasteiger partial charge >= 0.3 is 0 Å². The quantitative estimate of drug-likeness (QED) is 0.936. The van der Waals surface area contributed by atoms with Gasteiger partial charge in [0.05, 0.1) is 12.8 Å². The zero-order valence-electron chi connectivity index (χ0n) is 11.1. The number of ether oxygens (including phenoxy) is 2. The maximum atomic E-state index is 13.7. The van der Waals surface area contributed by atoms with E-state index in [0.29, 0.717) is 19.7 Å². The molecule has 2 heterocycles. The number of nitrogens with zero attached hydrogens (tertiary/aromatic N) is 1. The van der Waals surface area contributed by atoms with Gasteiger partial charge in [-0.05, 0) is 12.1 Å². The van der Waals surface area contributed by atoms with E-state index in [1.165, 1.54) is 18.5 Å². The standard InChI is InChI=1S/C14H14F2N2O3/c15-9-2-1-3-10(16)12(9)21-13(14-18-5-7-20-14)11-8-17-4-6-19-11/h1-3,5,7,11,13,17H,4,6,8H2/t11?,13-/m0/s1. The Balaban J connectivity index is 1.89. The smallest absolute Gasteiger partial charge is 0.238 e. The lowest BCUT2D eigenvalue weighted by Crippen LogP contribution is -2.43. The highest BCUT2D eigenvalue weighted by molar-refractivity contribution is 5.26. The predicted octanol–water partition coefficient (Wildman–Crippen LogP) is 2.06. The van der Waals surface area contributed by atoms with Crippen LogP contribution in [0.25, 0.3) is 0 Å². The van der Waals surface area contributed by atoms with E-state index in [0.717, 1.165) is 12.1 Å². The van der Waals surface area contributed by atoms with Crippen LogP contribution in [0, 0.1) is 11.6 Å². The van der Waals surface area contributed by atoms with Gasteiger partial charge < -0.3 is 19.2 Å². The highest BCUT2D eigenvalue weighted by atomic mass is 19.1. The monoisotopic (exact) mass is 296 g/mol. The first-order valence-electron chi connectivity index (χ1n) is 6.58. The molecule has 1 fully saturated rings. The number of aromatic nitrogens is 1. The van der Waals surface area contributed by atoms with E-state index in [4.69, 9.17) is 13.9 Å². The van der Waals surface area contributed by atoms with Crippen LogP contribution in [0.5, 0.6) is 5.75 Å². The predicted molar refractivity (Wildman–Crippen MR) is 68.8 cm³/mol. The molecule has 1 N–H and O–H groups in total. The maximum Gasteiger partial charge on any atom is 0.238 e. The highest BCUT2D eigenvalue weighted by Gasteiger charge is 2.32. The van der Waals surface area contributed by atoms with Crippen LogP contribution >= 0.6 is 0 Å². The van der Waals surface area contributed by atoms with Crippen molar-refractivity contribution in [3.63, 3.8) is 0 Å². The van der Waals surface area contributed by atoms with Gasteiger partial charge in [-0.15, -0.1) is 0 Å². The van der Waals surface area contributed by atoms with Crippen LogP contribution in [-0.4, -0.2) is 30.8 Å². The third-order valence-corrected chi connectivity index (χ3v) is 3.15. The summed E-state index contributed by atoms with van der Waals surface area (Å²) in [6.07, 6.45) is 1.54. The number of morpholine rings is 1. The molecule has 1 aliphatic rings. The van der Waals surface area contributed by atoms with E-state index in [1.807, 2.05) is 0 Å². The van der Waals surface area contributed by atoms with Gasteiger partial charge in [0.15, 0.2) is 17.4 Å². The van der Waals surface area contributed by atoms with Gasteiger partial charge in [-0.2, -0.15) is 0 Å². The van der Waals surface area contributed by atoms with Gasteiger partial charge in [0, 0.05) is 13.1 Å². The van der Waals surface area contributed by atoms with Crippen molar-refractivity contribution in [2.24, 2.45) is 0 Å². The van der Waals surface area contributed by atoms with E-state index in [-0.39, 0.29) is 5.89 Å². The van der Waals surface area contributed by atoms with E-state index in [1.54, 1.807) is 0 Å². The molecule has 0 amide bonds. The molecule has 112 valence electrons. The van der Waals surface area contributed by atoms with Gasteiger partial charge in [0.1, 0.15) is 12.4 Å². The van der Waals surface area contributed by atoms with Crippen LogP contribution < -0.4 is 10.1 Å². The molecular weight excluding hydrogens is 282 g/mol. The molecule has 0 bridgehead atoms. The molecule has 2 aromatic rings. The number of para-hydroxylation sites is 1. The molecule has 21 heavy (non-hydrogen) atoms. The van der Waals surface area contributed by atoms with Crippen molar-refractivity contribution in [3.05, 3.63) is 48.2 Å². The summed E-state index contributed by atoms with van der Waals surface area (Å²) in [5.41, 5.74) is 0. The number of nitrogens with one attached hydrogen (secondary N) is 1. The highest BCUT2D eigenvalue weighted by Crippen LogP contribution is 2.30. The fraction of sp³-hybridized carbons (Fsp3) is 0.357. The Morgan fingerprint density at radius 2 is 2.14 bits per heavy atom. The summed E-state index contributed by atoms with van der Waals surface area (Å²) in [6, 6.07) is 3.53. The van der Waals surface area contributed by atoms with Crippen molar-refractivity contribution in [1.29, 1.82) is 0 Å². The van der Waals surface area contributed by atoms with E-state index >= 15 is 0 Å². The Hall–Kier alpha value is -1.99. The summed E-state index contributed by atoms with van der Waals surface area (Å²) in [5, 5.41) is 3.13. The fourth-order valence-corrected chi connectivity index (χ4v) is 2.16. The van der Waals surface area contributed by atoms with E-state index < -0.39 is 29.6 Å². The third kappa shape index (κ3) is 3.03. The number of benzene rings is 1. The third-order valence-electron chi connectivity index (χ3n) is 3.15. The Bertz CT molecular complexity index is 566. The minimum absolute atomic E-state index is 0.214. The van der Waals surface area contributed by atoms with Crippen LogP contribution in [0.3, 0.4) is 0 Å². The van der Waals surface area contributed by atoms with Crippen LogP contribution in [0.2, 0.25) is 0 Å². The van der Waals surface area contributed by atoms with Crippen LogP contribution in [0.15, 0.2) is 35.1 Å². The lowest BCUT2D eigenvalue weighted by molar-refractivity contribution is -0.0541. The Morgan fingerprint density at radius 3 is 2.76 bits per heavy atom. The van der Waals surface area contributed by atoms with Crippen molar-refractivity contribution >= 4 is 0 Å². The first-order chi connectivity index (χ1) is 10.3. The van der Waals surface area contributed by atoms with E-state index in [2.05, 4.69) is 10.3 Å². The van der Waals surface area contributed by atoms with Gasteiger partial charge in [0.25, 0.3) is 0 Å². The van der Waals surface area contributed by atoms with Gasteiger partial charge in [0.2, 0.25) is 12.0 Å². The van der Waals surface area contributed by atoms with E-state index in [9.17, 15) is 8.78 Å². The van der Waals surface area contributed by atoms with Crippen molar-refractivity contribution in [3.8, 4) is 5.75 Å². The SMILES string of the molecule is Fc1cccc(F)c1O[C@H](c1ncco1)C1CNCCO1. The molecular formula is C14H14F2N2O3. The summed E-state index contributed by atoms with van der Waals surface area (Å²) >= 11 is 0. The second-order valence-electron chi connectivity index (χ2n) is 4.57. The van der Waals surface area contributed by atoms with Gasteiger partial charge in [-0.3, -0.25) is 0 Å². The molecule has 2 atom stereocenters. The van der Waals surface area contributed by atoms with Gasteiger partial charge in [-0.25, -0.2) is 13.8 Å². The molecule has 5 nitrogen and oxygen atoms in total. The number of oxazole rings is 1. The van der Waals surface area contributed by atoms with Crippen molar-refractivity contribution in [2.45, 2.75) is 12.2 Å². The molecule has 7 heteroatoms. The molecule has 0 aliphatic carbocycles. The number of hydrogen-bond donors (Lipinski definition) is 1. The molecule has 3 rings (SSSR count). The molecule has 1 saturated heterocycles. The van der Waals surface area contributed by atoms with Crippen LogP contribution in [0.4, 0.5) is 8.78 Å². The number of rotatable bonds is 4. The molecule has 0 radical (unpaired) electrons. The lowest BCUT2D eigenvalue weighted by atomic mass is 10.1. The summed E-state index contributed by atoms with van der Waals surface area (Å²) in [4.78, 5) is 4.00. The average Bonchev–Trinajstić information content (AvgIpc) is 3.02. The van der Waals surface area contributed by atoms with Crippen LogP contribution in [0.1, 0.15) is 12.0 Å². The normalized spacial score (nSPS) is 20.2. The zero-order chi connectivity index (χ0) is 14.7. The fourth-order valence-electron chi connectivity index (χ4n) is 2.16. The summed E-state index contributed by atoms with van der Waals surface area (Å²) in [7, 11) is 0. The molecule has 0 saturated carbocycles. The maximum absolute atomic E-state index is 13.7. The Morgan fingerprint density at radius 1 is 1.33 bits per heavy atom. The van der Waals surface area contributed by atoms with Crippen molar-refractivity contribution in [1.82, 2.24) is 10.3 Å². The molecule has 1 aliphatic heterocycles. The zero-order valence-corrected chi connectivity index (χ0v) is 11.1. The lowest BCUT2D eigenvalue weighted by Gasteiger charge is -2.29. The summed E-state index contributed by atoms with van der Waals surface area (Å²) < 4.78 is 43.8. The minimum Gasteiger partial charge on any atom is -0.472 e. The summed E-state index contributed by atoms with van der Waals surface area (Å²) in [5.74, 6) is -1.81. The van der Waals surface area contributed by atoms with Crippen LogP contribution in [-0.2, 0) is 4.74 Å². The second kappa shape index (κ2) is 6.19. The molecule has 1 aromatic heterocycles. The number of hydrogen-bond acceptors (Lipinski definition) is 5. The first-order valence-corrected chi connectivity index (χ1v) is 6.58. The largest absolute Gasteiger partial charge is 0.472 e. The Labute approximate surface area is 119 Å². The topological polar surface area (TPSA) is 56.5 Å². The molecule has 1 unspecified atom stereocenters. The number of halogens is 2. The Kier molecular flexibility index (Phi) is 4.12. The summed E-state index contributed by atoms with van der Waals surface area (Å²) in [6.45, 7) is 1.66. The van der Waals surface area contributed by atoms with Crippen molar-refractivity contribution in [2.75, 3.05) is 19.7 Å². The van der Waals surface area contributed by atoms with Crippen molar-refractivity contribution < 1.29 is 22.7 Å². The first kappa shape index (κ1) is 14.0. The van der Waals surface area contributed by atoms with Gasteiger partial charge in [-0.1, -0.05) is 6.07 Å². The molecule has 1 aromatic carbocycles. The molecule has 0 spiro atoms. The average molecular weight is 296 g/mol.